The molecule has 0 aliphatic carbocycles. The van der Waals surface area contributed by atoms with Gasteiger partial charge in [-0.3, -0.25) is 9.59 Å². The van der Waals surface area contributed by atoms with E-state index >= 15 is 0 Å². The Labute approximate surface area is 277 Å². The standard InChI is InChI=1S/C41H68O4/c1-3-5-7-8-9-10-11-12-13-14-15-16-17-18-19-20-21-25-28-31-34-38-41(44)45-39(35-6-4-2)36-32-29-26-23-22-24-27-30-33-37-40(42)43/h5,7,9-10,12-13,15-16,18-19,21,25,39H,3-4,6,8,11,14,17,20,22-24,26-38H2,1-2H3,(H,42,43)/b7-5-,10-9-,13-12-,16-15-,19-18-,25-21-. The van der Waals surface area contributed by atoms with Gasteiger partial charge in [-0.15, -0.1) is 0 Å². The molecule has 4 heteroatoms. The molecule has 0 amide bonds. The highest BCUT2D eigenvalue weighted by atomic mass is 16.5. The Hall–Kier alpha value is -2.62. The van der Waals surface area contributed by atoms with Crippen LogP contribution in [0, 0.1) is 0 Å². The zero-order valence-corrected chi connectivity index (χ0v) is 29.1. The van der Waals surface area contributed by atoms with Gasteiger partial charge >= 0.3 is 11.9 Å². The number of carboxylic acids is 1. The summed E-state index contributed by atoms with van der Waals surface area (Å²) < 4.78 is 5.87. The maximum atomic E-state index is 12.4. The van der Waals surface area contributed by atoms with Gasteiger partial charge in [0.1, 0.15) is 6.10 Å². The predicted octanol–water partition coefficient (Wildman–Crippen LogP) is 12.7. The van der Waals surface area contributed by atoms with Crippen molar-refractivity contribution in [2.75, 3.05) is 0 Å². The molecule has 0 fully saturated rings. The second-order valence-corrected chi connectivity index (χ2v) is 12.0. The number of ether oxygens (including phenoxy) is 1. The monoisotopic (exact) mass is 625 g/mol. The number of rotatable bonds is 32. The number of allylic oxidation sites excluding steroid dienone is 12. The van der Waals surface area contributed by atoms with E-state index in [2.05, 4.69) is 86.8 Å². The molecule has 0 aliphatic heterocycles. The van der Waals surface area contributed by atoms with Crippen molar-refractivity contribution in [3.63, 3.8) is 0 Å². The maximum absolute atomic E-state index is 12.4. The van der Waals surface area contributed by atoms with E-state index in [1.54, 1.807) is 0 Å². The van der Waals surface area contributed by atoms with Crippen molar-refractivity contribution >= 4 is 11.9 Å². The smallest absolute Gasteiger partial charge is 0.306 e. The Kier molecular flexibility index (Phi) is 33.8. The molecule has 1 N–H and O–H groups in total. The fraction of sp³-hybridized carbons (Fsp3) is 0.659. The average Bonchev–Trinajstić information content (AvgIpc) is 3.02. The molecule has 0 saturated heterocycles. The van der Waals surface area contributed by atoms with Crippen LogP contribution in [0.25, 0.3) is 0 Å². The molecule has 0 rings (SSSR count). The number of hydrogen-bond donors (Lipinski definition) is 1. The predicted molar refractivity (Wildman–Crippen MR) is 195 cm³/mol. The van der Waals surface area contributed by atoms with Crippen LogP contribution in [-0.2, 0) is 14.3 Å². The van der Waals surface area contributed by atoms with Crippen LogP contribution < -0.4 is 0 Å². The van der Waals surface area contributed by atoms with Crippen LogP contribution in [0.4, 0.5) is 0 Å². The highest BCUT2D eigenvalue weighted by Gasteiger charge is 2.13. The summed E-state index contributed by atoms with van der Waals surface area (Å²) in [5.74, 6) is -0.712. The fourth-order valence-electron chi connectivity index (χ4n) is 5.00. The van der Waals surface area contributed by atoms with Crippen LogP contribution in [0.5, 0.6) is 0 Å². The molecule has 0 saturated carbocycles. The molecule has 0 spiro atoms. The fourth-order valence-corrected chi connectivity index (χ4v) is 5.00. The van der Waals surface area contributed by atoms with Crippen LogP contribution in [0.1, 0.15) is 168 Å². The van der Waals surface area contributed by atoms with Crippen molar-refractivity contribution in [3.8, 4) is 0 Å². The minimum atomic E-state index is -0.685. The minimum absolute atomic E-state index is 0.0261. The Balaban J connectivity index is 3.81. The second kappa shape index (κ2) is 35.9. The highest BCUT2D eigenvalue weighted by Crippen LogP contribution is 2.17. The summed E-state index contributed by atoms with van der Waals surface area (Å²) >= 11 is 0. The second-order valence-electron chi connectivity index (χ2n) is 12.0. The molecule has 0 aliphatic rings. The molecule has 0 bridgehead atoms. The number of carbonyl (C=O) groups excluding carboxylic acids is 1. The van der Waals surface area contributed by atoms with Crippen molar-refractivity contribution < 1.29 is 19.4 Å². The summed E-state index contributed by atoms with van der Waals surface area (Å²) in [4.78, 5) is 23.0. The molecule has 0 aromatic carbocycles. The summed E-state index contributed by atoms with van der Waals surface area (Å²) in [6, 6.07) is 0. The number of unbranched alkanes of at least 4 members (excludes halogenated alkanes) is 11. The van der Waals surface area contributed by atoms with Gasteiger partial charge in [0, 0.05) is 12.8 Å². The SMILES string of the molecule is CC/C=C\C/C=C\C/C=C\C/C=C\C/C=C\C/C=C\CCCCC(=O)OC(CCCC)CCCCCCCCCCCC(=O)O. The van der Waals surface area contributed by atoms with Gasteiger partial charge in [0.2, 0.25) is 0 Å². The lowest BCUT2D eigenvalue weighted by Crippen LogP contribution is -2.18. The third-order valence-corrected chi connectivity index (χ3v) is 7.69. The number of carbonyl (C=O) groups is 2. The van der Waals surface area contributed by atoms with Crippen molar-refractivity contribution in [2.45, 2.75) is 174 Å². The van der Waals surface area contributed by atoms with Crippen LogP contribution in [0.3, 0.4) is 0 Å². The first-order valence-electron chi connectivity index (χ1n) is 18.4. The van der Waals surface area contributed by atoms with Gasteiger partial charge in [-0.25, -0.2) is 0 Å². The lowest BCUT2D eigenvalue weighted by molar-refractivity contribution is -0.150. The van der Waals surface area contributed by atoms with Gasteiger partial charge in [0.15, 0.2) is 0 Å². The van der Waals surface area contributed by atoms with E-state index in [0.29, 0.717) is 12.8 Å². The van der Waals surface area contributed by atoms with E-state index < -0.39 is 5.97 Å². The molecular weight excluding hydrogens is 556 g/mol. The van der Waals surface area contributed by atoms with Gasteiger partial charge in [-0.05, 0) is 83.5 Å². The normalized spacial score (nSPS) is 13.1. The van der Waals surface area contributed by atoms with Gasteiger partial charge in [0.05, 0.1) is 0 Å². The topological polar surface area (TPSA) is 63.6 Å². The third-order valence-electron chi connectivity index (χ3n) is 7.69. The quantitative estimate of drug-likeness (QED) is 0.0459. The Morgan fingerprint density at radius 3 is 1.42 bits per heavy atom. The van der Waals surface area contributed by atoms with E-state index in [4.69, 9.17) is 9.84 Å². The van der Waals surface area contributed by atoms with E-state index in [-0.39, 0.29) is 12.1 Å². The van der Waals surface area contributed by atoms with Crippen LogP contribution in [-0.4, -0.2) is 23.1 Å². The lowest BCUT2D eigenvalue weighted by atomic mass is 10.0. The molecule has 45 heavy (non-hydrogen) atoms. The third kappa shape index (κ3) is 35.7. The van der Waals surface area contributed by atoms with Crippen molar-refractivity contribution in [2.24, 2.45) is 0 Å². The van der Waals surface area contributed by atoms with Crippen LogP contribution in [0.2, 0.25) is 0 Å². The van der Waals surface area contributed by atoms with E-state index in [0.717, 1.165) is 109 Å². The highest BCUT2D eigenvalue weighted by molar-refractivity contribution is 5.69. The summed E-state index contributed by atoms with van der Waals surface area (Å²) in [5, 5.41) is 8.68. The maximum Gasteiger partial charge on any atom is 0.306 e. The largest absolute Gasteiger partial charge is 0.481 e. The van der Waals surface area contributed by atoms with Gasteiger partial charge in [-0.2, -0.15) is 0 Å². The van der Waals surface area contributed by atoms with Crippen LogP contribution >= 0.6 is 0 Å². The number of aliphatic carboxylic acids is 1. The Bertz CT molecular complexity index is 846. The molecule has 0 radical (unpaired) electrons. The molecular formula is C41H68O4. The van der Waals surface area contributed by atoms with E-state index in [9.17, 15) is 9.59 Å². The molecule has 0 aromatic heterocycles. The minimum Gasteiger partial charge on any atom is -0.481 e. The average molecular weight is 625 g/mol. The number of hydrogen-bond acceptors (Lipinski definition) is 3. The van der Waals surface area contributed by atoms with Crippen LogP contribution in [0.15, 0.2) is 72.9 Å². The Morgan fingerprint density at radius 1 is 0.511 bits per heavy atom. The zero-order chi connectivity index (χ0) is 32.9. The zero-order valence-electron chi connectivity index (χ0n) is 29.1. The van der Waals surface area contributed by atoms with Gasteiger partial charge < -0.3 is 9.84 Å². The van der Waals surface area contributed by atoms with Gasteiger partial charge in [0.25, 0.3) is 0 Å². The summed E-state index contributed by atoms with van der Waals surface area (Å²) in [5.41, 5.74) is 0. The first kappa shape index (κ1) is 42.4. The molecule has 0 heterocycles. The van der Waals surface area contributed by atoms with E-state index in [1.165, 1.54) is 32.1 Å². The summed E-state index contributed by atoms with van der Waals surface area (Å²) in [6.45, 7) is 4.35. The summed E-state index contributed by atoms with van der Waals surface area (Å²) in [6.07, 6.45) is 51.0. The lowest BCUT2D eigenvalue weighted by Gasteiger charge is -2.18. The molecule has 0 aromatic rings. The van der Waals surface area contributed by atoms with E-state index in [1.807, 2.05) is 0 Å². The van der Waals surface area contributed by atoms with Crippen molar-refractivity contribution in [1.82, 2.24) is 0 Å². The number of carboxylic acid groups (broad SMARTS) is 1. The molecule has 4 nitrogen and oxygen atoms in total. The molecule has 1 unspecified atom stereocenters. The number of esters is 1. The molecule has 256 valence electrons. The van der Waals surface area contributed by atoms with Gasteiger partial charge in [-0.1, -0.05) is 145 Å². The first-order chi connectivity index (χ1) is 22.1. The van der Waals surface area contributed by atoms with Crippen molar-refractivity contribution in [3.05, 3.63) is 72.9 Å². The Morgan fingerprint density at radius 2 is 0.933 bits per heavy atom. The van der Waals surface area contributed by atoms with Crippen molar-refractivity contribution in [1.29, 1.82) is 0 Å². The first-order valence-corrected chi connectivity index (χ1v) is 18.4. The summed E-state index contributed by atoms with van der Waals surface area (Å²) in [7, 11) is 0. The molecule has 1 atom stereocenters.